The first-order valence-corrected chi connectivity index (χ1v) is 11.3. The van der Waals surface area contributed by atoms with Gasteiger partial charge in [0.1, 0.15) is 0 Å². The van der Waals surface area contributed by atoms with E-state index in [0.717, 1.165) is 44.7 Å². The number of benzene rings is 1. The van der Waals surface area contributed by atoms with E-state index in [0.29, 0.717) is 24.9 Å². The van der Waals surface area contributed by atoms with E-state index in [2.05, 4.69) is 41.1 Å². The fourth-order valence-corrected chi connectivity index (χ4v) is 5.96. The Kier molecular flexibility index (Phi) is 4.32. The van der Waals surface area contributed by atoms with Gasteiger partial charge in [0.05, 0.1) is 6.54 Å². The Balaban J connectivity index is 1.18. The standard InChI is InChI=1S/C25H28N4O2/c1-16-5-6-21-19(9-16)20-14-28(8-7-22(20)26-21)25(31)15-27-11-17-10-18(13-27)23-3-2-4-24(30)29(23)12-17/h2-6,9,17-18,26H,7-8,10-15H2,1H3/t17-,18+/m1/s1. The highest BCUT2D eigenvalue weighted by molar-refractivity contribution is 5.87. The molecule has 1 aromatic carbocycles. The molecule has 6 rings (SSSR count). The zero-order valence-electron chi connectivity index (χ0n) is 17.9. The summed E-state index contributed by atoms with van der Waals surface area (Å²) in [7, 11) is 0. The summed E-state index contributed by atoms with van der Waals surface area (Å²) in [5, 5.41) is 1.25. The van der Waals surface area contributed by atoms with Gasteiger partial charge in [-0.15, -0.1) is 0 Å². The van der Waals surface area contributed by atoms with E-state index in [4.69, 9.17) is 0 Å². The van der Waals surface area contributed by atoms with Gasteiger partial charge in [0.15, 0.2) is 0 Å². The average molecular weight is 417 g/mol. The van der Waals surface area contributed by atoms with Gasteiger partial charge in [-0.2, -0.15) is 0 Å². The van der Waals surface area contributed by atoms with Crippen LogP contribution >= 0.6 is 0 Å². The van der Waals surface area contributed by atoms with Crippen LogP contribution in [0.2, 0.25) is 0 Å². The number of nitrogens with one attached hydrogen (secondary N) is 1. The van der Waals surface area contributed by atoms with Gasteiger partial charge in [0, 0.05) is 79.0 Å². The molecular weight excluding hydrogens is 388 g/mol. The number of carbonyl (C=O) groups is 1. The molecule has 6 heteroatoms. The van der Waals surface area contributed by atoms with Crippen LogP contribution < -0.4 is 5.56 Å². The van der Waals surface area contributed by atoms with E-state index in [1.165, 1.54) is 27.7 Å². The number of pyridine rings is 1. The number of fused-ring (bicyclic) bond motifs is 7. The lowest BCUT2D eigenvalue weighted by Crippen LogP contribution is -2.50. The predicted octanol–water partition coefficient (Wildman–Crippen LogP) is 2.64. The van der Waals surface area contributed by atoms with Crippen LogP contribution in [0.3, 0.4) is 0 Å². The van der Waals surface area contributed by atoms with Crippen LogP contribution in [0.5, 0.6) is 0 Å². The van der Waals surface area contributed by atoms with Crippen LogP contribution in [0, 0.1) is 12.8 Å². The number of likely N-dealkylation sites (tertiary alicyclic amines) is 1. The number of carbonyl (C=O) groups excluding carboxylic acids is 1. The van der Waals surface area contributed by atoms with E-state index in [1.807, 2.05) is 15.5 Å². The van der Waals surface area contributed by atoms with Crippen LogP contribution in [0.1, 0.15) is 34.9 Å². The molecule has 31 heavy (non-hydrogen) atoms. The smallest absolute Gasteiger partial charge is 0.250 e. The van der Waals surface area contributed by atoms with Gasteiger partial charge in [-0.1, -0.05) is 17.7 Å². The Labute approximate surface area is 181 Å². The van der Waals surface area contributed by atoms with Crippen molar-refractivity contribution < 1.29 is 4.79 Å². The van der Waals surface area contributed by atoms with Gasteiger partial charge < -0.3 is 14.5 Å². The highest BCUT2D eigenvalue weighted by Crippen LogP contribution is 2.35. The molecule has 1 N–H and O–H groups in total. The van der Waals surface area contributed by atoms with Crippen LogP contribution in [0.4, 0.5) is 0 Å². The fraction of sp³-hybridized carbons (Fsp3) is 0.440. The molecule has 1 fully saturated rings. The molecule has 2 bridgehead atoms. The van der Waals surface area contributed by atoms with Crippen molar-refractivity contribution in [3.05, 3.63) is 69.3 Å². The molecule has 160 valence electrons. The highest BCUT2D eigenvalue weighted by Gasteiger charge is 2.35. The van der Waals surface area contributed by atoms with Crippen molar-refractivity contribution in [1.82, 2.24) is 19.4 Å². The average Bonchev–Trinajstić information content (AvgIpc) is 3.11. The number of piperidine rings is 1. The van der Waals surface area contributed by atoms with Crippen molar-refractivity contribution in [2.45, 2.75) is 38.8 Å². The Hall–Kier alpha value is -2.86. The Morgan fingerprint density at radius 3 is 2.97 bits per heavy atom. The number of aromatic amines is 1. The number of H-pyrrole nitrogens is 1. The van der Waals surface area contributed by atoms with Crippen molar-refractivity contribution in [2.75, 3.05) is 26.2 Å². The number of rotatable bonds is 2. The summed E-state index contributed by atoms with van der Waals surface area (Å²) < 4.78 is 1.95. The molecule has 3 aliphatic rings. The number of hydrogen-bond donors (Lipinski definition) is 1. The molecule has 0 spiro atoms. The minimum atomic E-state index is 0.106. The first-order valence-electron chi connectivity index (χ1n) is 11.3. The van der Waals surface area contributed by atoms with Gasteiger partial charge in [0.25, 0.3) is 5.56 Å². The summed E-state index contributed by atoms with van der Waals surface area (Å²) in [6, 6.07) is 12.1. The number of aromatic nitrogens is 2. The third kappa shape index (κ3) is 3.21. The van der Waals surface area contributed by atoms with Crippen LogP contribution in [0.15, 0.2) is 41.2 Å². The van der Waals surface area contributed by atoms with Crippen molar-refractivity contribution in [3.8, 4) is 0 Å². The zero-order chi connectivity index (χ0) is 21.1. The molecule has 0 unspecified atom stereocenters. The third-order valence-electron chi connectivity index (χ3n) is 7.40. The van der Waals surface area contributed by atoms with E-state index in [9.17, 15) is 9.59 Å². The van der Waals surface area contributed by atoms with Crippen LogP contribution in [-0.4, -0.2) is 51.4 Å². The Morgan fingerprint density at radius 2 is 2.06 bits per heavy atom. The second-order valence-electron chi connectivity index (χ2n) is 9.59. The van der Waals surface area contributed by atoms with Crippen molar-refractivity contribution >= 4 is 16.8 Å². The molecule has 2 atom stereocenters. The summed E-state index contributed by atoms with van der Waals surface area (Å²) in [5.41, 5.74) is 6.22. The van der Waals surface area contributed by atoms with Gasteiger partial charge in [0.2, 0.25) is 5.91 Å². The molecule has 2 aromatic heterocycles. The quantitative estimate of drug-likeness (QED) is 0.699. The van der Waals surface area contributed by atoms with Gasteiger partial charge in [-0.25, -0.2) is 0 Å². The van der Waals surface area contributed by atoms with E-state index in [1.54, 1.807) is 6.07 Å². The van der Waals surface area contributed by atoms with Crippen LogP contribution in [-0.2, 0) is 24.3 Å². The molecule has 3 aromatic rings. The third-order valence-corrected chi connectivity index (χ3v) is 7.40. The zero-order valence-corrected chi connectivity index (χ0v) is 17.9. The first kappa shape index (κ1) is 18.9. The summed E-state index contributed by atoms with van der Waals surface area (Å²) in [4.78, 5) is 33.4. The molecule has 1 saturated heterocycles. The van der Waals surface area contributed by atoms with E-state index < -0.39 is 0 Å². The second kappa shape index (κ2) is 7.09. The Bertz CT molecular complexity index is 1240. The summed E-state index contributed by atoms with van der Waals surface area (Å²) in [5.74, 6) is 1.01. The molecule has 0 saturated carbocycles. The predicted molar refractivity (Wildman–Crippen MR) is 120 cm³/mol. The molecule has 6 nitrogen and oxygen atoms in total. The lowest BCUT2D eigenvalue weighted by atomic mass is 9.83. The number of nitrogens with zero attached hydrogens (tertiary/aromatic N) is 3. The lowest BCUT2D eigenvalue weighted by molar-refractivity contribution is -0.134. The minimum absolute atomic E-state index is 0.106. The topological polar surface area (TPSA) is 61.3 Å². The SMILES string of the molecule is Cc1ccc2[nH]c3c(c2c1)CN(C(=O)CN1C[C@H]2C[C@@H](C1)c1cccc(=O)n1C2)CC3. The normalized spacial score (nSPS) is 22.9. The van der Waals surface area contributed by atoms with Crippen molar-refractivity contribution in [1.29, 1.82) is 0 Å². The summed E-state index contributed by atoms with van der Waals surface area (Å²) in [6.45, 7) is 6.58. The molecular formula is C25H28N4O2. The maximum Gasteiger partial charge on any atom is 0.250 e. The maximum absolute atomic E-state index is 13.2. The van der Waals surface area contributed by atoms with E-state index in [-0.39, 0.29) is 11.5 Å². The maximum atomic E-state index is 13.2. The summed E-state index contributed by atoms with van der Waals surface area (Å²) >= 11 is 0. The summed E-state index contributed by atoms with van der Waals surface area (Å²) in [6.07, 6.45) is 2.01. The molecule has 0 radical (unpaired) electrons. The van der Waals surface area contributed by atoms with Crippen molar-refractivity contribution in [3.63, 3.8) is 0 Å². The van der Waals surface area contributed by atoms with Gasteiger partial charge in [-0.05, 0) is 37.5 Å². The monoisotopic (exact) mass is 416 g/mol. The number of hydrogen-bond acceptors (Lipinski definition) is 3. The largest absolute Gasteiger partial charge is 0.358 e. The molecule has 5 heterocycles. The van der Waals surface area contributed by atoms with Gasteiger partial charge >= 0.3 is 0 Å². The Morgan fingerprint density at radius 1 is 1.16 bits per heavy atom. The molecule has 1 amide bonds. The number of aryl methyl sites for hydroxylation is 1. The second-order valence-corrected chi connectivity index (χ2v) is 9.59. The number of amides is 1. The van der Waals surface area contributed by atoms with E-state index >= 15 is 0 Å². The molecule has 3 aliphatic heterocycles. The first-order chi connectivity index (χ1) is 15.0. The minimum Gasteiger partial charge on any atom is -0.358 e. The fourth-order valence-electron chi connectivity index (χ4n) is 5.96. The lowest BCUT2D eigenvalue weighted by Gasteiger charge is -2.43. The highest BCUT2D eigenvalue weighted by atomic mass is 16.2. The van der Waals surface area contributed by atoms with Crippen molar-refractivity contribution in [2.24, 2.45) is 5.92 Å². The molecule has 0 aliphatic carbocycles. The van der Waals surface area contributed by atoms with Crippen LogP contribution in [0.25, 0.3) is 10.9 Å². The van der Waals surface area contributed by atoms with Gasteiger partial charge in [-0.3, -0.25) is 14.5 Å².